The minimum Gasteiger partial charge on any atom is -0.497 e. The highest BCUT2D eigenvalue weighted by atomic mass is 32.1. The Hall–Kier alpha value is -3.32. The Morgan fingerprint density at radius 3 is 2.49 bits per heavy atom. The Bertz CT molecular complexity index is 1110. The van der Waals surface area contributed by atoms with Gasteiger partial charge >= 0.3 is 0 Å². The van der Waals surface area contributed by atoms with E-state index in [1.165, 1.54) is 11.3 Å². The van der Waals surface area contributed by atoms with Crippen LogP contribution in [0.4, 0.5) is 5.69 Å². The first-order valence-electron chi connectivity index (χ1n) is 12.1. The van der Waals surface area contributed by atoms with E-state index in [0.29, 0.717) is 23.6 Å². The maximum Gasteiger partial charge on any atom is 0.248 e. The predicted octanol–water partition coefficient (Wildman–Crippen LogP) is 5.53. The summed E-state index contributed by atoms with van der Waals surface area (Å²) in [6.07, 6.45) is 4.34. The normalized spacial score (nSPS) is 14.3. The van der Waals surface area contributed by atoms with E-state index in [4.69, 9.17) is 9.47 Å². The van der Waals surface area contributed by atoms with Gasteiger partial charge in [-0.1, -0.05) is 31.0 Å². The van der Waals surface area contributed by atoms with Crippen molar-refractivity contribution in [3.8, 4) is 11.5 Å². The van der Waals surface area contributed by atoms with E-state index < -0.39 is 6.04 Å². The van der Waals surface area contributed by atoms with Gasteiger partial charge in [-0.15, -0.1) is 11.3 Å². The first-order chi connectivity index (χ1) is 17.1. The highest BCUT2D eigenvalue weighted by molar-refractivity contribution is 7.10. The molecule has 1 aliphatic rings. The SMILES string of the molecule is CCOc1ccc(N(C(=O)Cc2cccs2)[C@H](C(=O)NC2CCCC2)c2cccc(OC)c2)cc1. The molecule has 184 valence electrons. The number of hydrogen-bond donors (Lipinski definition) is 1. The molecular weight excluding hydrogens is 460 g/mol. The number of carbonyl (C=O) groups excluding carboxylic acids is 2. The van der Waals surface area contributed by atoms with Gasteiger partial charge in [-0.2, -0.15) is 0 Å². The van der Waals surface area contributed by atoms with Crippen LogP contribution in [0.15, 0.2) is 66.0 Å². The van der Waals surface area contributed by atoms with Crippen molar-refractivity contribution >= 4 is 28.8 Å². The summed E-state index contributed by atoms with van der Waals surface area (Å²) in [5.74, 6) is 1.03. The van der Waals surface area contributed by atoms with Gasteiger partial charge in [-0.3, -0.25) is 14.5 Å². The van der Waals surface area contributed by atoms with Crippen LogP contribution in [0.5, 0.6) is 11.5 Å². The van der Waals surface area contributed by atoms with Crippen molar-refractivity contribution in [3.63, 3.8) is 0 Å². The Labute approximate surface area is 210 Å². The molecule has 1 heterocycles. The molecule has 35 heavy (non-hydrogen) atoms. The summed E-state index contributed by atoms with van der Waals surface area (Å²) in [6, 6.07) is 17.9. The van der Waals surface area contributed by atoms with Crippen molar-refractivity contribution in [2.45, 2.75) is 51.1 Å². The molecule has 1 fully saturated rings. The van der Waals surface area contributed by atoms with Crippen molar-refractivity contribution in [1.82, 2.24) is 5.32 Å². The number of benzene rings is 2. The summed E-state index contributed by atoms with van der Waals surface area (Å²) in [7, 11) is 1.60. The monoisotopic (exact) mass is 492 g/mol. The van der Waals surface area contributed by atoms with Crippen LogP contribution in [-0.4, -0.2) is 31.6 Å². The molecule has 7 heteroatoms. The summed E-state index contributed by atoms with van der Waals surface area (Å²) in [5, 5.41) is 5.17. The molecule has 0 unspecified atom stereocenters. The summed E-state index contributed by atoms with van der Waals surface area (Å²) >= 11 is 1.53. The number of hydrogen-bond acceptors (Lipinski definition) is 5. The number of rotatable bonds is 10. The number of ether oxygens (including phenoxy) is 2. The van der Waals surface area contributed by atoms with Crippen LogP contribution < -0.4 is 19.7 Å². The Balaban J connectivity index is 1.76. The van der Waals surface area contributed by atoms with Gasteiger partial charge in [0.2, 0.25) is 11.8 Å². The predicted molar refractivity (Wildman–Crippen MR) is 139 cm³/mol. The highest BCUT2D eigenvalue weighted by Gasteiger charge is 2.34. The topological polar surface area (TPSA) is 67.9 Å². The third-order valence-corrected chi connectivity index (χ3v) is 7.09. The first kappa shape index (κ1) is 24.8. The second-order valence-electron chi connectivity index (χ2n) is 8.62. The van der Waals surface area contributed by atoms with Crippen molar-refractivity contribution in [2.24, 2.45) is 0 Å². The molecule has 1 aromatic heterocycles. The van der Waals surface area contributed by atoms with E-state index >= 15 is 0 Å². The summed E-state index contributed by atoms with van der Waals surface area (Å²) in [5.41, 5.74) is 1.35. The molecule has 6 nitrogen and oxygen atoms in total. The van der Waals surface area contributed by atoms with Crippen LogP contribution in [0, 0.1) is 0 Å². The number of amides is 2. The molecule has 1 aliphatic carbocycles. The van der Waals surface area contributed by atoms with Gasteiger partial charge in [0.25, 0.3) is 0 Å². The lowest BCUT2D eigenvalue weighted by molar-refractivity contribution is -0.127. The lowest BCUT2D eigenvalue weighted by Crippen LogP contribution is -2.46. The lowest BCUT2D eigenvalue weighted by atomic mass is 10.0. The van der Waals surface area contributed by atoms with E-state index in [0.717, 1.165) is 36.3 Å². The summed E-state index contributed by atoms with van der Waals surface area (Å²) < 4.78 is 11.0. The Morgan fingerprint density at radius 2 is 1.83 bits per heavy atom. The fourth-order valence-corrected chi connectivity index (χ4v) is 5.23. The zero-order valence-electron chi connectivity index (χ0n) is 20.2. The van der Waals surface area contributed by atoms with Crippen LogP contribution in [0.2, 0.25) is 0 Å². The molecule has 0 saturated heterocycles. The van der Waals surface area contributed by atoms with Crippen molar-refractivity contribution < 1.29 is 19.1 Å². The third kappa shape index (κ3) is 6.22. The number of anilines is 1. The van der Waals surface area contributed by atoms with Crippen LogP contribution in [-0.2, 0) is 16.0 Å². The zero-order valence-corrected chi connectivity index (χ0v) is 21.1. The van der Waals surface area contributed by atoms with Gasteiger partial charge in [0, 0.05) is 16.6 Å². The second-order valence-corrected chi connectivity index (χ2v) is 9.65. The highest BCUT2D eigenvalue weighted by Crippen LogP contribution is 2.33. The smallest absolute Gasteiger partial charge is 0.248 e. The van der Waals surface area contributed by atoms with Crippen LogP contribution in [0.25, 0.3) is 0 Å². The molecular formula is C28H32N2O4S. The largest absolute Gasteiger partial charge is 0.497 e. The molecule has 0 aliphatic heterocycles. The number of methoxy groups -OCH3 is 1. The third-order valence-electron chi connectivity index (χ3n) is 6.22. The van der Waals surface area contributed by atoms with Gasteiger partial charge in [0.1, 0.15) is 17.5 Å². The quantitative estimate of drug-likeness (QED) is 0.404. The molecule has 3 aromatic rings. The van der Waals surface area contributed by atoms with Crippen LogP contribution >= 0.6 is 11.3 Å². The van der Waals surface area contributed by atoms with E-state index in [-0.39, 0.29) is 24.3 Å². The van der Waals surface area contributed by atoms with E-state index in [1.807, 2.05) is 73.0 Å². The summed E-state index contributed by atoms with van der Waals surface area (Å²) in [6.45, 7) is 2.48. The number of thiophene rings is 1. The van der Waals surface area contributed by atoms with Crippen molar-refractivity contribution in [3.05, 3.63) is 76.5 Å². The lowest BCUT2D eigenvalue weighted by Gasteiger charge is -2.32. The number of nitrogens with zero attached hydrogens (tertiary/aromatic N) is 1. The van der Waals surface area contributed by atoms with E-state index in [9.17, 15) is 9.59 Å². The summed E-state index contributed by atoms with van der Waals surface area (Å²) in [4.78, 5) is 30.2. The van der Waals surface area contributed by atoms with Crippen LogP contribution in [0.3, 0.4) is 0 Å². The van der Waals surface area contributed by atoms with E-state index in [2.05, 4.69) is 5.32 Å². The minimum atomic E-state index is -0.837. The van der Waals surface area contributed by atoms with Gasteiger partial charge in [0.15, 0.2) is 0 Å². The minimum absolute atomic E-state index is 0.130. The Morgan fingerprint density at radius 1 is 1.06 bits per heavy atom. The fourth-order valence-electron chi connectivity index (χ4n) is 4.53. The van der Waals surface area contributed by atoms with Crippen molar-refractivity contribution in [2.75, 3.05) is 18.6 Å². The second kappa shape index (κ2) is 11.9. The standard InChI is InChI=1S/C28H32N2O4S/c1-3-34-23-15-13-22(14-16-23)30(26(31)19-25-12-7-17-35-25)27(20-8-6-11-24(18-20)33-2)28(32)29-21-9-4-5-10-21/h6-8,11-18,21,27H,3-5,9-10,19H2,1-2H3,(H,29,32)/t27-/m0/s1. The van der Waals surface area contributed by atoms with Gasteiger partial charge in [-0.25, -0.2) is 0 Å². The molecule has 1 N–H and O–H groups in total. The molecule has 1 saturated carbocycles. The molecule has 1 atom stereocenters. The molecule has 4 rings (SSSR count). The molecule has 2 aromatic carbocycles. The maximum atomic E-state index is 13.8. The molecule has 2 amide bonds. The first-order valence-corrected chi connectivity index (χ1v) is 13.0. The van der Waals surface area contributed by atoms with E-state index in [1.54, 1.807) is 12.0 Å². The van der Waals surface area contributed by atoms with Crippen LogP contribution in [0.1, 0.15) is 49.1 Å². The van der Waals surface area contributed by atoms with Gasteiger partial charge in [0.05, 0.1) is 20.1 Å². The van der Waals surface area contributed by atoms with Gasteiger partial charge < -0.3 is 14.8 Å². The van der Waals surface area contributed by atoms with Gasteiger partial charge in [-0.05, 0) is 73.2 Å². The average molecular weight is 493 g/mol. The number of carbonyl (C=O) groups is 2. The molecule has 0 spiro atoms. The number of nitrogens with one attached hydrogen (secondary N) is 1. The zero-order chi connectivity index (χ0) is 24.6. The van der Waals surface area contributed by atoms with Crippen molar-refractivity contribution in [1.29, 1.82) is 0 Å². The molecule has 0 bridgehead atoms. The maximum absolute atomic E-state index is 13.8. The average Bonchev–Trinajstić information content (AvgIpc) is 3.58. The fraction of sp³-hybridized carbons (Fsp3) is 0.357. The molecule has 0 radical (unpaired) electrons. The Kier molecular flexibility index (Phi) is 8.42.